The Morgan fingerprint density at radius 1 is 1.32 bits per heavy atom. The minimum atomic E-state index is -0.957. The lowest BCUT2D eigenvalue weighted by atomic mass is 10.1. The number of nitrogens with zero attached hydrogens (tertiary/aromatic N) is 1. The molecule has 0 spiro atoms. The van der Waals surface area contributed by atoms with Gasteiger partial charge in [-0.15, -0.1) is 0 Å². The molecule has 1 atom stereocenters. The van der Waals surface area contributed by atoms with Crippen molar-refractivity contribution < 1.29 is 19.5 Å². The van der Waals surface area contributed by atoms with Gasteiger partial charge in [-0.2, -0.15) is 0 Å². The number of anilines is 1. The monoisotopic (exact) mass is 305 g/mol. The number of rotatable bonds is 5. The highest BCUT2D eigenvalue weighted by molar-refractivity contribution is 5.89. The van der Waals surface area contributed by atoms with Crippen molar-refractivity contribution in [1.29, 1.82) is 0 Å². The highest BCUT2D eigenvalue weighted by Gasteiger charge is 2.33. The van der Waals surface area contributed by atoms with E-state index in [4.69, 9.17) is 5.11 Å². The smallest absolute Gasteiger partial charge is 0.319 e. The summed E-state index contributed by atoms with van der Waals surface area (Å²) in [4.78, 5) is 35.6. The molecular formula is C15H19N3O4. The van der Waals surface area contributed by atoms with Crippen molar-refractivity contribution in [2.24, 2.45) is 5.92 Å². The first-order chi connectivity index (χ1) is 10.5. The van der Waals surface area contributed by atoms with E-state index in [1.54, 1.807) is 12.1 Å². The van der Waals surface area contributed by atoms with E-state index in [0.29, 0.717) is 12.2 Å². The van der Waals surface area contributed by atoms with Gasteiger partial charge in [-0.3, -0.25) is 9.59 Å². The van der Waals surface area contributed by atoms with Crippen LogP contribution in [0.5, 0.6) is 0 Å². The summed E-state index contributed by atoms with van der Waals surface area (Å²) in [6, 6.07) is 7.03. The summed E-state index contributed by atoms with van der Waals surface area (Å²) in [7, 11) is 0. The summed E-state index contributed by atoms with van der Waals surface area (Å²) >= 11 is 0. The zero-order chi connectivity index (χ0) is 16.1. The Bertz CT molecular complexity index is 571. The molecule has 0 aromatic heterocycles. The number of carboxylic acid groups (broad SMARTS) is 1. The molecule has 7 nitrogen and oxygen atoms in total. The number of urea groups is 1. The maximum Gasteiger partial charge on any atom is 0.319 e. The number of carboxylic acids is 1. The van der Waals surface area contributed by atoms with E-state index in [1.165, 1.54) is 4.90 Å². The third kappa shape index (κ3) is 4.21. The molecule has 22 heavy (non-hydrogen) atoms. The van der Waals surface area contributed by atoms with Crippen LogP contribution in [-0.2, 0) is 9.59 Å². The van der Waals surface area contributed by atoms with Gasteiger partial charge in [0, 0.05) is 31.7 Å². The molecule has 1 aromatic rings. The van der Waals surface area contributed by atoms with Crippen LogP contribution in [0.2, 0.25) is 0 Å². The lowest BCUT2D eigenvalue weighted by Crippen LogP contribution is -2.37. The van der Waals surface area contributed by atoms with Gasteiger partial charge in [0.1, 0.15) is 0 Å². The lowest BCUT2D eigenvalue weighted by Gasteiger charge is -2.16. The number of aryl methyl sites for hydroxylation is 1. The van der Waals surface area contributed by atoms with Crippen LogP contribution in [0.3, 0.4) is 0 Å². The summed E-state index contributed by atoms with van der Waals surface area (Å²) < 4.78 is 0. The fourth-order valence-corrected chi connectivity index (χ4v) is 2.27. The minimum absolute atomic E-state index is 0.0326. The van der Waals surface area contributed by atoms with Crippen LogP contribution in [0.25, 0.3) is 0 Å². The summed E-state index contributed by atoms with van der Waals surface area (Å²) in [5, 5.41) is 14.2. The van der Waals surface area contributed by atoms with Crippen LogP contribution in [-0.4, -0.2) is 47.5 Å². The van der Waals surface area contributed by atoms with Crippen LogP contribution >= 0.6 is 0 Å². The number of hydrogen-bond donors (Lipinski definition) is 3. The van der Waals surface area contributed by atoms with Gasteiger partial charge in [0.2, 0.25) is 5.91 Å². The van der Waals surface area contributed by atoms with E-state index in [0.717, 1.165) is 5.56 Å². The fraction of sp³-hybridized carbons (Fsp3) is 0.400. The molecule has 1 saturated heterocycles. The molecule has 0 bridgehead atoms. The number of likely N-dealkylation sites (tertiary alicyclic amines) is 1. The predicted octanol–water partition coefficient (Wildman–Crippen LogP) is 1.05. The number of hydrogen-bond acceptors (Lipinski definition) is 3. The minimum Gasteiger partial charge on any atom is -0.481 e. The van der Waals surface area contributed by atoms with Crippen molar-refractivity contribution in [2.45, 2.75) is 13.3 Å². The van der Waals surface area contributed by atoms with Gasteiger partial charge in [-0.05, 0) is 19.1 Å². The Morgan fingerprint density at radius 3 is 2.59 bits per heavy atom. The first-order valence-electron chi connectivity index (χ1n) is 7.08. The van der Waals surface area contributed by atoms with E-state index in [9.17, 15) is 14.4 Å². The number of benzene rings is 1. The lowest BCUT2D eigenvalue weighted by molar-refractivity contribution is -0.141. The Morgan fingerprint density at radius 2 is 2.00 bits per heavy atom. The van der Waals surface area contributed by atoms with Crippen molar-refractivity contribution in [1.82, 2.24) is 10.2 Å². The summed E-state index contributed by atoms with van der Waals surface area (Å²) in [6.07, 6.45) is 0.0326. The van der Waals surface area contributed by atoms with Crippen LogP contribution in [0.15, 0.2) is 24.3 Å². The standard InChI is InChI=1S/C15H19N3O4/c1-10-2-4-12(5-3-10)17-15(22)16-6-7-18-9-11(14(20)21)8-13(18)19/h2-5,11H,6-9H2,1H3,(H,20,21)(H2,16,17,22). The van der Waals surface area contributed by atoms with Crippen molar-refractivity contribution >= 4 is 23.6 Å². The van der Waals surface area contributed by atoms with E-state index in [-0.39, 0.29) is 31.4 Å². The molecule has 1 aliphatic rings. The number of carbonyl (C=O) groups excluding carboxylic acids is 2. The number of amides is 3. The van der Waals surface area contributed by atoms with Crippen molar-refractivity contribution in [3.05, 3.63) is 29.8 Å². The maximum atomic E-state index is 11.7. The molecule has 1 heterocycles. The molecule has 0 radical (unpaired) electrons. The largest absolute Gasteiger partial charge is 0.481 e. The molecule has 3 N–H and O–H groups in total. The Balaban J connectivity index is 1.72. The quantitative estimate of drug-likeness (QED) is 0.757. The van der Waals surface area contributed by atoms with Crippen molar-refractivity contribution in [2.75, 3.05) is 25.0 Å². The molecule has 0 saturated carbocycles. The van der Waals surface area contributed by atoms with Gasteiger partial charge in [0.05, 0.1) is 5.92 Å². The van der Waals surface area contributed by atoms with Crippen molar-refractivity contribution in [3.63, 3.8) is 0 Å². The van der Waals surface area contributed by atoms with Gasteiger partial charge < -0.3 is 20.6 Å². The Labute approximate surface area is 128 Å². The van der Waals surface area contributed by atoms with E-state index < -0.39 is 11.9 Å². The second-order valence-corrected chi connectivity index (χ2v) is 5.33. The molecule has 7 heteroatoms. The molecule has 0 aliphatic carbocycles. The van der Waals surface area contributed by atoms with E-state index in [2.05, 4.69) is 10.6 Å². The SMILES string of the molecule is Cc1ccc(NC(=O)NCCN2CC(C(=O)O)CC2=O)cc1. The number of carbonyl (C=O) groups is 3. The molecule has 118 valence electrons. The maximum absolute atomic E-state index is 11.7. The molecule has 3 amide bonds. The number of aliphatic carboxylic acids is 1. The topological polar surface area (TPSA) is 98.7 Å². The highest BCUT2D eigenvalue weighted by atomic mass is 16.4. The van der Waals surface area contributed by atoms with Crippen LogP contribution < -0.4 is 10.6 Å². The summed E-state index contributed by atoms with van der Waals surface area (Å²) in [6.45, 7) is 2.75. The zero-order valence-electron chi connectivity index (χ0n) is 12.3. The number of nitrogens with one attached hydrogen (secondary N) is 2. The van der Waals surface area contributed by atoms with E-state index in [1.807, 2.05) is 19.1 Å². The van der Waals surface area contributed by atoms with Crippen LogP contribution in [0, 0.1) is 12.8 Å². The van der Waals surface area contributed by atoms with Gasteiger partial charge in [0.15, 0.2) is 0 Å². The normalized spacial score (nSPS) is 17.4. The van der Waals surface area contributed by atoms with Gasteiger partial charge in [0.25, 0.3) is 0 Å². The molecular weight excluding hydrogens is 286 g/mol. The molecule has 1 unspecified atom stereocenters. The van der Waals surface area contributed by atoms with Crippen LogP contribution in [0.1, 0.15) is 12.0 Å². The first kappa shape index (κ1) is 15.8. The second kappa shape index (κ2) is 6.93. The average molecular weight is 305 g/mol. The predicted molar refractivity (Wildman–Crippen MR) is 80.5 cm³/mol. The Kier molecular flexibility index (Phi) is 4.98. The molecule has 1 fully saturated rings. The van der Waals surface area contributed by atoms with Gasteiger partial charge >= 0.3 is 12.0 Å². The third-order valence-electron chi connectivity index (χ3n) is 3.54. The second-order valence-electron chi connectivity index (χ2n) is 5.33. The summed E-state index contributed by atoms with van der Waals surface area (Å²) in [5.41, 5.74) is 1.79. The fourth-order valence-electron chi connectivity index (χ4n) is 2.27. The van der Waals surface area contributed by atoms with Crippen molar-refractivity contribution in [3.8, 4) is 0 Å². The van der Waals surface area contributed by atoms with Gasteiger partial charge in [-0.25, -0.2) is 4.79 Å². The molecule has 1 aliphatic heterocycles. The van der Waals surface area contributed by atoms with Crippen LogP contribution in [0.4, 0.5) is 10.5 Å². The highest BCUT2D eigenvalue weighted by Crippen LogP contribution is 2.17. The average Bonchev–Trinajstić information content (AvgIpc) is 2.83. The zero-order valence-corrected chi connectivity index (χ0v) is 12.3. The first-order valence-corrected chi connectivity index (χ1v) is 7.08. The van der Waals surface area contributed by atoms with Gasteiger partial charge in [-0.1, -0.05) is 17.7 Å². The molecule has 2 rings (SSSR count). The Hall–Kier alpha value is -2.57. The molecule has 1 aromatic carbocycles. The summed E-state index contributed by atoms with van der Waals surface area (Å²) in [5.74, 6) is -1.79. The third-order valence-corrected chi connectivity index (χ3v) is 3.54. The van der Waals surface area contributed by atoms with E-state index >= 15 is 0 Å².